The summed E-state index contributed by atoms with van der Waals surface area (Å²) >= 11 is 0. The number of likely N-dealkylation sites (tertiary alicyclic amines) is 1. The van der Waals surface area contributed by atoms with E-state index in [4.69, 9.17) is 4.52 Å². The summed E-state index contributed by atoms with van der Waals surface area (Å²) in [4.78, 5) is 26.1. The Morgan fingerprint density at radius 1 is 1.35 bits per heavy atom. The van der Waals surface area contributed by atoms with Gasteiger partial charge in [0.25, 0.3) is 5.91 Å². The number of carbonyl (C=O) groups is 2. The molecular weight excluding hydrogens is 296 g/mol. The van der Waals surface area contributed by atoms with Crippen LogP contribution in [0.3, 0.4) is 0 Å². The molecule has 0 aliphatic carbocycles. The summed E-state index contributed by atoms with van der Waals surface area (Å²) < 4.78 is 5.14. The second kappa shape index (κ2) is 6.34. The highest BCUT2D eigenvalue weighted by Gasteiger charge is 2.41. The van der Waals surface area contributed by atoms with Gasteiger partial charge in [0, 0.05) is 6.54 Å². The molecule has 1 fully saturated rings. The standard InChI is InChI=1S/C17H26N2O4/c1-6-12-14(10(2)23-18-12)15(20)19-9-11(17(3,4)5)7-8-13(19)16(21)22/h11,13H,6-9H2,1-5H3,(H,21,22). The van der Waals surface area contributed by atoms with Crippen molar-refractivity contribution in [1.82, 2.24) is 10.1 Å². The molecule has 0 spiro atoms. The maximum Gasteiger partial charge on any atom is 0.326 e. The number of aromatic nitrogens is 1. The summed E-state index contributed by atoms with van der Waals surface area (Å²) in [5.74, 6) is -0.499. The van der Waals surface area contributed by atoms with Gasteiger partial charge in [-0.2, -0.15) is 0 Å². The third-order valence-corrected chi connectivity index (χ3v) is 4.83. The second-order valence-electron chi connectivity index (χ2n) is 7.37. The number of carboxylic acids is 1. The first-order chi connectivity index (χ1) is 10.7. The lowest BCUT2D eigenvalue weighted by molar-refractivity contribution is -0.144. The minimum absolute atomic E-state index is 0.0271. The first-order valence-corrected chi connectivity index (χ1v) is 8.15. The average molecular weight is 322 g/mol. The van der Waals surface area contributed by atoms with E-state index in [2.05, 4.69) is 25.9 Å². The van der Waals surface area contributed by atoms with Gasteiger partial charge >= 0.3 is 5.97 Å². The number of amides is 1. The van der Waals surface area contributed by atoms with E-state index in [1.807, 2.05) is 6.92 Å². The fourth-order valence-corrected chi connectivity index (χ4v) is 3.24. The highest BCUT2D eigenvalue weighted by Crippen LogP contribution is 2.36. The number of aryl methyl sites for hydroxylation is 2. The zero-order valence-electron chi connectivity index (χ0n) is 14.5. The molecule has 2 atom stereocenters. The molecule has 128 valence electrons. The van der Waals surface area contributed by atoms with E-state index >= 15 is 0 Å². The number of hydrogen-bond donors (Lipinski definition) is 1. The second-order valence-corrected chi connectivity index (χ2v) is 7.37. The Morgan fingerprint density at radius 2 is 2.00 bits per heavy atom. The lowest BCUT2D eigenvalue weighted by atomic mass is 9.74. The lowest BCUT2D eigenvalue weighted by Gasteiger charge is -2.42. The van der Waals surface area contributed by atoms with Crippen LogP contribution in [0.2, 0.25) is 0 Å². The van der Waals surface area contributed by atoms with Gasteiger partial charge in [-0.25, -0.2) is 4.79 Å². The highest BCUT2D eigenvalue weighted by atomic mass is 16.5. The molecule has 1 aromatic rings. The van der Waals surface area contributed by atoms with E-state index in [1.165, 1.54) is 4.90 Å². The Kier molecular flexibility index (Phi) is 4.82. The van der Waals surface area contributed by atoms with Gasteiger partial charge in [0.15, 0.2) is 0 Å². The number of nitrogens with zero attached hydrogens (tertiary/aromatic N) is 2. The van der Waals surface area contributed by atoms with Gasteiger partial charge in [0.2, 0.25) is 0 Å². The van der Waals surface area contributed by atoms with Gasteiger partial charge in [-0.1, -0.05) is 32.9 Å². The van der Waals surface area contributed by atoms with E-state index in [-0.39, 0.29) is 17.2 Å². The van der Waals surface area contributed by atoms with E-state index < -0.39 is 12.0 Å². The molecule has 0 saturated carbocycles. The topological polar surface area (TPSA) is 83.6 Å². The molecule has 2 unspecified atom stereocenters. The number of aliphatic carboxylic acids is 1. The van der Waals surface area contributed by atoms with Crippen LogP contribution in [0.15, 0.2) is 4.52 Å². The van der Waals surface area contributed by atoms with E-state index in [1.54, 1.807) is 6.92 Å². The van der Waals surface area contributed by atoms with Gasteiger partial charge < -0.3 is 14.5 Å². The molecule has 1 aliphatic rings. The molecule has 1 aliphatic heterocycles. The Labute approximate surface area is 136 Å². The molecule has 6 heteroatoms. The monoisotopic (exact) mass is 322 g/mol. The summed E-state index contributed by atoms with van der Waals surface area (Å²) in [5.41, 5.74) is 1.04. The number of rotatable bonds is 3. The largest absolute Gasteiger partial charge is 0.480 e. The molecule has 6 nitrogen and oxygen atoms in total. The van der Waals surface area contributed by atoms with Crippen molar-refractivity contribution in [3.63, 3.8) is 0 Å². The molecule has 0 aromatic carbocycles. The van der Waals surface area contributed by atoms with Crippen LogP contribution in [0.25, 0.3) is 0 Å². The Bertz CT molecular complexity index is 600. The van der Waals surface area contributed by atoms with Crippen molar-refractivity contribution >= 4 is 11.9 Å². The van der Waals surface area contributed by atoms with Crippen LogP contribution in [0, 0.1) is 18.3 Å². The minimum atomic E-state index is -0.946. The fourth-order valence-electron chi connectivity index (χ4n) is 3.24. The maximum absolute atomic E-state index is 13.0. The summed E-state index contributed by atoms with van der Waals surface area (Å²) in [5, 5.41) is 13.4. The summed E-state index contributed by atoms with van der Waals surface area (Å²) in [6.45, 7) is 10.4. The molecule has 0 radical (unpaired) electrons. The van der Waals surface area contributed by atoms with E-state index in [0.717, 1.165) is 6.42 Å². The highest BCUT2D eigenvalue weighted by molar-refractivity contribution is 5.98. The molecule has 1 amide bonds. The number of piperidine rings is 1. The van der Waals surface area contributed by atoms with Crippen LogP contribution in [-0.4, -0.2) is 39.6 Å². The van der Waals surface area contributed by atoms with E-state index in [0.29, 0.717) is 36.4 Å². The summed E-state index contributed by atoms with van der Waals surface area (Å²) in [6, 6.07) is -0.778. The number of carbonyl (C=O) groups excluding carboxylic acids is 1. The van der Waals surface area contributed by atoms with Gasteiger partial charge in [0.05, 0.1) is 5.69 Å². The van der Waals surface area contributed by atoms with Gasteiger partial charge in [0.1, 0.15) is 17.4 Å². The maximum atomic E-state index is 13.0. The van der Waals surface area contributed by atoms with Gasteiger partial charge in [-0.05, 0) is 37.5 Å². The van der Waals surface area contributed by atoms with Gasteiger partial charge in [-0.3, -0.25) is 4.79 Å². The van der Waals surface area contributed by atoms with Crippen LogP contribution in [0.4, 0.5) is 0 Å². The SMILES string of the molecule is CCc1noc(C)c1C(=O)N1CC(C(C)(C)C)CCC1C(=O)O. The third kappa shape index (κ3) is 3.41. The lowest BCUT2D eigenvalue weighted by Crippen LogP contribution is -2.52. The van der Waals surface area contributed by atoms with Crippen molar-refractivity contribution < 1.29 is 19.2 Å². The minimum Gasteiger partial charge on any atom is -0.480 e. The molecule has 1 aromatic heterocycles. The zero-order valence-corrected chi connectivity index (χ0v) is 14.5. The number of hydrogen-bond acceptors (Lipinski definition) is 4. The van der Waals surface area contributed by atoms with Crippen LogP contribution in [-0.2, 0) is 11.2 Å². The first kappa shape index (κ1) is 17.5. The fraction of sp³-hybridized carbons (Fsp3) is 0.706. The predicted octanol–water partition coefficient (Wildman–Crippen LogP) is 2.90. The molecular formula is C17H26N2O4. The van der Waals surface area contributed by atoms with Crippen molar-refractivity contribution in [3.05, 3.63) is 17.0 Å². The molecule has 2 rings (SSSR count). The Morgan fingerprint density at radius 3 is 2.52 bits per heavy atom. The predicted molar refractivity (Wildman–Crippen MR) is 85.3 cm³/mol. The number of carboxylic acid groups (broad SMARTS) is 1. The van der Waals surface area contributed by atoms with Crippen molar-refractivity contribution in [2.45, 2.75) is 59.9 Å². The Balaban J connectivity index is 2.36. The van der Waals surface area contributed by atoms with Crippen LogP contribution < -0.4 is 0 Å². The molecule has 1 saturated heterocycles. The zero-order chi connectivity index (χ0) is 17.4. The smallest absolute Gasteiger partial charge is 0.326 e. The average Bonchev–Trinajstić information content (AvgIpc) is 2.85. The van der Waals surface area contributed by atoms with E-state index in [9.17, 15) is 14.7 Å². The van der Waals surface area contributed by atoms with Crippen molar-refractivity contribution in [3.8, 4) is 0 Å². The quantitative estimate of drug-likeness (QED) is 0.925. The summed E-state index contributed by atoms with van der Waals surface area (Å²) in [6.07, 6.45) is 1.87. The van der Waals surface area contributed by atoms with Crippen LogP contribution >= 0.6 is 0 Å². The Hall–Kier alpha value is -1.85. The van der Waals surface area contributed by atoms with Crippen LogP contribution in [0.1, 0.15) is 62.3 Å². The molecule has 2 heterocycles. The third-order valence-electron chi connectivity index (χ3n) is 4.83. The van der Waals surface area contributed by atoms with Gasteiger partial charge in [-0.15, -0.1) is 0 Å². The molecule has 23 heavy (non-hydrogen) atoms. The van der Waals surface area contributed by atoms with Crippen molar-refractivity contribution in [2.75, 3.05) is 6.54 Å². The molecule has 0 bridgehead atoms. The molecule has 1 N–H and O–H groups in total. The van der Waals surface area contributed by atoms with Crippen molar-refractivity contribution in [2.24, 2.45) is 11.3 Å². The van der Waals surface area contributed by atoms with Crippen molar-refractivity contribution in [1.29, 1.82) is 0 Å². The summed E-state index contributed by atoms with van der Waals surface area (Å²) in [7, 11) is 0. The first-order valence-electron chi connectivity index (χ1n) is 8.15. The van der Waals surface area contributed by atoms with Crippen LogP contribution in [0.5, 0.6) is 0 Å². The normalized spacial score (nSPS) is 22.2.